The first kappa shape index (κ1) is 21.5. The summed E-state index contributed by atoms with van der Waals surface area (Å²) < 4.78 is 31.7. The molecule has 0 atom stereocenters. The quantitative estimate of drug-likeness (QED) is 0.645. The van der Waals surface area contributed by atoms with E-state index in [-0.39, 0.29) is 28.6 Å². The standard InChI is InChI=1S/C17H20F2N4O4S/c1-4-5-27-17(26)12-9(3)13(15(20)25)28-16(12)21-11(24)7-23-8(2)6-10(22-23)14(18)19/h6,14H,4-5,7H2,1-3H3,(H2,20,25)(H,21,24). The number of anilines is 1. The maximum atomic E-state index is 12.7. The number of aromatic nitrogens is 2. The van der Waals surface area contributed by atoms with Gasteiger partial charge in [-0.2, -0.15) is 5.10 Å². The molecule has 28 heavy (non-hydrogen) atoms. The van der Waals surface area contributed by atoms with Gasteiger partial charge in [-0.3, -0.25) is 14.3 Å². The molecule has 0 aliphatic rings. The summed E-state index contributed by atoms with van der Waals surface area (Å²) >= 11 is 0.852. The average molecular weight is 414 g/mol. The molecule has 2 rings (SSSR count). The summed E-state index contributed by atoms with van der Waals surface area (Å²) in [6, 6.07) is 1.19. The Bertz CT molecular complexity index is 907. The van der Waals surface area contributed by atoms with E-state index in [4.69, 9.17) is 10.5 Å². The van der Waals surface area contributed by atoms with Crippen LogP contribution in [-0.4, -0.2) is 34.2 Å². The maximum absolute atomic E-state index is 12.7. The lowest BCUT2D eigenvalue weighted by molar-refractivity contribution is -0.116. The van der Waals surface area contributed by atoms with Gasteiger partial charge in [0.25, 0.3) is 12.3 Å². The highest BCUT2D eigenvalue weighted by molar-refractivity contribution is 7.18. The molecule has 2 amide bonds. The third-order valence-corrected chi connectivity index (χ3v) is 5.00. The lowest BCUT2D eigenvalue weighted by atomic mass is 10.1. The van der Waals surface area contributed by atoms with Crippen LogP contribution in [0.25, 0.3) is 0 Å². The van der Waals surface area contributed by atoms with Crippen LogP contribution in [0.2, 0.25) is 0 Å². The summed E-state index contributed by atoms with van der Waals surface area (Å²) in [6.45, 7) is 4.73. The fourth-order valence-corrected chi connectivity index (χ4v) is 3.52. The van der Waals surface area contributed by atoms with Gasteiger partial charge < -0.3 is 15.8 Å². The number of carbonyl (C=O) groups is 3. The molecule has 2 aromatic heterocycles. The number of hydrogen-bond acceptors (Lipinski definition) is 6. The van der Waals surface area contributed by atoms with Gasteiger partial charge in [-0.25, -0.2) is 13.6 Å². The SMILES string of the molecule is CCCOC(=O)c1c(NC(=O)Cn2nc(C(F)F)cc2C)sc(C(N)=O)c1C. The highest BCUT2D eigenvalue weighted by Gasteiger charge is 2.26. The molecule has 0 spiro atoms. The van der Waals surface area contributed by atoms with E-state index in [1.165, 1.54) is 13.0 Å². The van der Waals surface area contributed by atoms with Crippen molar-refractivity contribution in [3.05, 3.63) is 33.5 Å². The lowest BCUT2D eigenvalue weighted by Gasteiger charge is -2.08. The van der Waals surface area contributed by atoms with Gasteiger partial charge in [-0.05, 0) is 31.9 Å². The molecule has 0 bridgehead atoms. The van der Waals surface area contributed by atoms with E-state index < -0.39 is 29.9 Å². The van der Waals surface area contributed by atoms with Crippen LogP contribution in [0.1, 0.15) is 56.8 Å². The number of nitrogens with two attached hydrogens (primary N) is 1. The van der Waals surface area contributed by atoms with Crippen molar-refractivity contribution >= 4 is 34.1 Å². The Labute approximate surface area is 163 Å². The fourth-order valence-electron chi connectivity index (χ4n) is 2.45. The Balaban J connectivity index is 2.26. The minimum Gasteiger partial charge on any atom is -0.462 e. The molecule has 2 heterocycles. The van der Waals surface area contributed by atoms with Gasteiger partial charge in [-0.15, -0.1) is 11.3 Å². The van der Waals surface area contributed by atoms with Crippen LogP contribution in [0.4, 0.5) is 13.8 Å². The minimum atomic E-state index is -2.75. The van der Waals surface area contributed by atoms with E-state index in [1.807, 2.05) is 6.92 Å². The first-order valence-corrected chi connectivity index (χ1v) is 9.20. The van der Waals surface area contributed by atoms with Crippen molar-refractivity contribution in [3.8, 4) is 0 Å². The molecule has 8 nitrogen and oxygen atoms in total. The zero-order valence-corrected chi connectivity index (χ0v) is 16.4. The predicted molar refractivity (Wildman–Crippen MR) is 98.7 cm³/mol. The molecule has 0 aliphatic carbocycles. The normalized spacial score (nSPS) is 10.9. The van der Waals surface area contributed by atoms with Gasteiger partial charge in [0.1, 0.15) is 17.2 Å². The number of ether oxygens (including phenoxy) is 1. The molecule has 3 N–H and O–H groups in total. The second-order valence-corrected chi connectivity index (χ2v) is 7.00. The zero-order valence-electron chi connectivity index (χ0n) is 15.5. The average Bonchev–Trinajstić information content (AvgIpc) is 3.13. The van der Waals surface area contributed by atoms with Crippen molar-refractivity contribution < 1.29 is 27.9 Å². The Morgan fingerprint density at radius 3 is 2.57 bits per heavy atom. The van der Waals surface area contributed by atoms with Gasteiger partial charge in [0, 0.05) is 5.69 Å². The third kappa shape index (κ3) is 4.71. The number of thiophene rings is 1. The highest BCUT2D eigenvalue weighted by atomic mass is 32.1. The number of halogens is 2. The third-order valence-electron chi connectivity index (χ3n) is 3.78. The van der Waals surface area contributed by atoms with E-state index in [9.17, 15) is 23.2 Å². The number of amides is 2. The first-order chi connectivity index (χ1) is 13.1. The molecule has 0 aromatic carbocycles. The van der Waals surface area contributed by atoms with E-state index in [0.717, 1.165) is 16.0 Å². The number of nitrogens with zero attached hydrogens (tertiary/aromatic N) is 2. The summed E-state index contributed by atoms with van der Waals surface area (Å²) in [6.07, 6.45) is -2.15. The van der Waals surface area contributed by atoms with Crippen molar-refractivity contribution in [2.24, 2.45) is 5.73 Å². The molecule has 0 unspecified atom stereocenters. The molecule has 0 fully saturated rings. The van der Waals surface area contributed by atoms with Crippen molar-refractivity contribution in [1.82, 2.24) is 9.78 Å². The Hall–Kier alpha value is -2.82. The van der Waals surface area contributed by atoms with Crippen LogP contribution in [-0.2, 0) is 16.1 Å². The molecule has 0 saturated carbocycles. The molecule has 0 saturated heterocycles. The van der Waals surface area contributed by atoms with Gasteiger partial charge in [0.05, 0.1) is 17.0 Å². The van der Waals surface area contributed by atoms with Crippen LogP contribution in [0.15, 0.2) is 6.07 Å². The van der Waals surface area contributed by atoms with Crippen molar-refractivity contribution in [3.63, 3.8) is 0 Å². The molecular formula is C17H20F2N4O4S. The summed E-state index contributed by atoms with van der Waals surface area (Å²) in [5.41, 5.74) is 5.63. The second kappa shape index (κ2) is 8.91. The smallest absolute Gasteiger partial charge is 0.341 e. The summed E-state index contributed by atoms with van der Waals surface area (Å²) in [5.74, 6) is -2.03. The number of alkyl halides is 2. The zero-order chi connectivity index (χ0) is 21.0. The van der Waals surface area contributed by atoms with Crippen molar-refractivity contribution in [2.75, 3.05) is 11.9 Å². The Morgan fingerprint density at radius 1 is 1.36 bits per heavy atom. The number of hydrogen-bond donors (Lipinski definition) is 2. The summed E-state index contributed by atoms with van der Waals surface area (Å²) in [7, 11) is 0. The van der Waals surface area contributed by atoms with Gasteiger partial charge in [0.15, 0.2) is 0 Å². The van der Waals surface area contributed by atoms with Gasteiger partial charge in [-0.1, -0.05) is 6.92 Å². The lowest BCUT2D eigenvalue weighted by Crippen LogP contribution is -2.21. The van der Waals surface area contributed by atoms with Crippen LogP contribution in [0.3, 0.4) is 0 Å². The number of rotatable bonds is 8. The van der Waals surface area contributed by atoms with Crippen LogP contribution < -0.4 is 11.1 Å². The predicted octanol–water partition coefficient (Wildman–Crippen LogP) is 2.80. The summed E-state index contributed by atoms with van der Waals surface area (Å²) in [5, 5.41) is 6.31. The van der Waals surface area contributed by atoms with Crippen LogP contribution in [0.5, 0.6) is 0 Å². The topological polar surface area (TPSA) is 116 Å². The monoisotopic (exact) mass is 414 g/mol. The molecule has 0 radical (unpaired) electrons. The molecule has 152 valence electrons. The maximum Gasteiger partial charge on any atom is 0.341 e. The largest absolute Gasteiger partial charge is 0.462 e. The fraction of sp³-hybridized carbons (Fsp3) is 0.412. The molecule has 0 aliphatic heterocycles. The van der Waals surface area contributed by atoms with Gasteiger partial charge >= 0.3 is 5.97 Å². The molecule has 11 heteroatoms. The minimum absolute atomic E-state index is 0.0473. The van der Waals surface area contributed by atoms with Gasteiger partial charge in [0.2, 0.25) is 5.91 Å². The van der Waals surface area contributed by atoms with Crippen molar-refractivity contribution in [1.29, 1.82) is 0 Å². The number of primary amides is 1. The first-order valence-electron chi connectivity index (χ1n) is 8.38. The highest BCUT2D eigenvalue weighted by Crippen LogP contribution is 2.33. The molecule has 2 aromatic rings. The summed E-state index contributed by atoms with van der Waals surface area (Å²) in [4.78, 5) is 36.4. The number of nitrogens with one attached hydrogen (secondary N) is 1. The van der Waals surface area contributed by atoms with Crippen LogP contribution in [0, 0.1) is 13.8 Å². The number of esters is 1. The molecular weight excluding hydrogens is 394 g/mol. The number of carbonyl (C=O) groups excluding carboxylic acids is 3. The van der Waals surface area contributed by atoms with Crippen molar-refractivity contribution in [2.45, 2.75) is 40.2 Å². The van der Waals surface area contributed by atoms with E-state index >= 15 is 0 Å². The Morgan fingerprint density at radius 2 is 2.04 bits per heavy atom. The number of aryl methyl sites for hydroxylation is 1. The second-order valence-electron chi connectivity index (χ2n) is 5.98. The van der Waals surface area contributed by atoms with Crippen LogP contribution >= 0.6 is 11.3 Å². The van der Waals surface area contributed by atoms with E-state index in [1.54, 1.807) is 6.92 Å². The van der Waals surface area contributed by atoms with E-state index in [0.29, 0.717) is 17.7 Å². The van der Waals surface area contributed by atoms with E-state index in [2.05, 4.69) is 10.4 Å². The Kier molecular flexibility index (Phi) is 6.84.